The molecule has 0 radical (unpaired) electrons. The van der Waals surface area contributed by atoms with Crippen molar-refractivity contribution in [3.63, 3.8) is 0 Å². The van der Waals surface area contributed by atoms with Crippen molar-refractivity contribution < 1.29 is 0 Å². The Bertz CT molecular complexity index is 5730. The molecule has 4 nitrogen and oxygen atoms in total. The summed E-state index contributed by atoms with van der Waals surface area (Å²) in [5.41, 5.74) is 35.2. The Balaban J connectivity index is 1.12. The predicted molar refractivity (Wildman–Crippen MR) is 476 cm³/mol. The van der Waals surface area contributed by atoms with Gasteiger partial charge < -0.3 is 14.4 Å². The molecule has 0 aliphatic carbocycles. The zero-order chi connectivity index (χ0) is 77.7. The SMILES string of the molecule is CC(C)(C)c1cc(-c2ccc3c(c2)N(c2c(-c4ccccc4)cc(C(C)(C)C)cc2-c2cc(C(C)(C)C)nc(C(C)(C)C)c2)c2cc(-c4ccccc4)cc4c2B3c2ccc(-n3c5ccc(C(C)(C)C)cc5c5cc(C(C)(C)C)ccc53)cc2N4c2c(-c3ccccc3)cccc2-c2ccccc2)cc(C(C)(C)C)c1. The van der Waals surface area contributed by atoms with Crippen molar-refractivity contribution in [3.8, 4) is 72.4 Å². The van der Waals surface area contributed by atoms with Crippen LogP contribution in [0, 0.1) is 0 Å². The maximum Gasteiger partial charge on any atom is 0.252 e. The first-order chi connectivity index (χ1) is 52.0. The number of pyridine rings is 1. The minimum absolute atomic E-state index is 0.0619. The van der Waals surface area contributed by atoms with Crippen LogP contribution in [-0.4, -0.2) is 16.3 Å². The molecule has 0 fully saturated rings. The minimum Gasteiger partial charge on any atom is -0.310 e. The van der Waals surface area contributed by atoms with Gasteiger partial charge in [0.15, 0.2) is 0 Å². The molecular formula is C105H107BN4. The first kappa shape index (κ1) is 73.4. The molecule has 550 valence electrons. The Kier molecular flexibility index (Phi) is 17.7. The molecule has 110 heavy (non-hydrogen) atoms. The van der Waals surface area contributed by atoms with Crippen LogP contribution in [0.3, 0.4) is 0 Å². The fourth-order valence-electron chi connectivity index (χ4n) is 16.8. The smallest absolute Gasteiger partial charge is 0.252 e. The van der Waals surface area contributed by atoms with Gasteiger partial charge in [0.2, 0.25) is 0 Å². The van der Waals surface area contributed by atoms with Crippen LogP contribution < -0.4 is 26.2 Å². The van der Waals surface area contributed by atoms with Crippen LogP contribution in [0.5, 0.6) is 0 Å². The molecule has 2 aliphatic rings. The molecule has 0 atom stereocenters. The second-order valence-corrected chi connectivity index (χ2v) is 38.6. The van der Waals surface area contributed by atoms with Gasteiger partial charge >= 0.3 is 0 Å². The summed E-state index contributed by atoms with van der Waals surface area (Å²) in [5, 5.41) is 2.52. The molecule has 5 heteroatoms. The van der Waals surface area contributed by atoms with Gasteiger partial charge in [-0.15, -0.1) is 0 Å². The fourth-order valence-corrected chi connectivity index (χ4v) is 16.8. The van der Waals surface area contributed by atoms with Crippen LogP contribution in [0.15, 0.2) is 267 Å². The Morgan fingerprint density at radius 2 is 0.618 bits per heavy atom. The van der Waals surface area contributed by atoms with Gasteiger partial charge in [-0.05, 0) is 195 Å². The molecule has 2 aromatic heterocycles. The molecular weight excluding hydrogens is 1330 g/mol. The Morgan fingerprint density at radius 3 is 1.05 bits per heavy atom. The molecule has 0 saturated heterocycles. The molecule has 0 unspecified atom stereocenters. The van der Waals surface area contributed by atoms with Crippen LogP contribution >= 0.6 is 0 Å². The number of hydrogen-bond donors (Lipinski definition) is 0. The third-order valence-corrected chi connectivity index (χ3v) is 23.3. The first-order valence-corrected chi connectivity index (χ1v) is 39.9. The summed E-state index contributed by atoms with van der Waals surface area (Å²) in [4.78, 5) is 11.1. The van der Waals surface area contributed by atoms with E-state index in [2.05, 4.69) is 427 Å². The lowest BCUT2D eigenvalue weighted by atomic mass is 9.33. The molecule has 0 amide bonds. The maximum atomic E-state index is 5.62. The van der Waals surface area contributed by atoms with Gasteiger partial charge in [-0.2, -0.15) is 0 Å². The quantitative estimate of drug-likeness (QED) is 0.135. The number of para-hydroxylation sites is 1. The fraction of sp³-hybridized carbons (Fsp3) is 0.267. The molecule has 0 spiro atoms. The molecule has 12 aromatic carbocycles. The van der Waals surface area contributed by atoms with E-state index in [4.69, 9.17) is 4.98 Å². The van der Waals surface area contributed by atoms with E-state index >= 15 is 0 Å². The summed E-state index contributed by atoms with van der Waals surface area (Å²) in [6.45, 7) is 48.9. The van der Waals surface area contributed by atoms with Gasteiger partial charge in [0.05, 0.1) is 22.4 Å². The minimum atomic E-state index is -0.269. The molecule has 2 aliphatic heterocycles. The van der Waals surface area contributed by atoms with Crippen LogP contribution in [0.25, 0.3) is 94.3 Å². The van der Waals surface area contributed by atoms with E-state index in [0.29, 0.717) is 0 Å². The van der Waals surface area contributed by atoms with Crippen LogP contribution in [0.4, 0.5) is 34.1 Å². The maximum absolute atomic E-state index is 5.62. The lowest BCUT2D eigenvalue weighted by Crippen LogP contribution is -2.61. The van der Waals surface area contributed by atoms with Crippen molar-refractivity contribution in [1.29, 1.82) is 0 Å². The van der Waals surface area contributed by atoms with Crippen LogP contribution in [-0.2, 0) is 37.9 Å². The monoisotopic (exact) mass is 1430 g/mol. The van der Waals surface area contributed by atoms with Crippen molar-refractivity contribution in [2.45, 2.75) is 183 Å². The summed E-state index contributed by atoms with van der Waals surface area (Å²) >= 11 is 0. The standard InChI is InChI=1S/C105H107BN4/c1-99(2,3)74-46-51-88-84(61-74)85-62-75(100(4,5)6)47-52-89(85)108(88)79-48-50-87-91(65-79)110(97-80(67-37-28-23-29-38-67)43-34-44-81(97)68-39-30-24-31-40-68)93-57-72(66-35-26-22-27-36-66)56-92-96(93)106(87)86-49-45-70(71-53-76(101(7,8)9)60-77(54-71)102(10,11)12)55-90(86)109(92)98-82(69-41-32-25-33-42-69)63-78(103(13,14)15)64-83(98)73-58-94(104(16,17)18)107-95(59-73)105(19,20)21/h22-65H,1-21H3. The molecule has 0 saturated carbocycles. The lowest BCUT2D eigenvalue weighted by Gasteiger charge is -2.46. The summed E-state index contributed by atoms with van der Waals surface area (Å²) in [6.07, 6.45) is 0. The average Bonchev–Trinajstić information content (AvgIpc) is 0.738. The highest BCUT2D eigenvalue weighted by molar-refractivity contribution is 7.00. The third kappa shape index (κ3) is 13.2. The topological polar surface area (TPSA) is 24.3 Å². The second-order valence-electron chi connectivity index (χ2n) is 38.6. The highest BCUT2D eigenvalue weighted by atomic mass is 15.2. The first-order valence-electron chi connectivity index (χ1n) is 39.9. The number of benzene rings is 12. The summed E-state index contributed by atoms with van der Waals surface area (Å²) < 4.78 is 2.56. The zero-order valence-electron chi connectivity index (χ0n) is 68.8. The van der Waals surface area contributed by atoms with E-state index in [1.165, 1.54) is 77.1 Å². The largest absolute Gasteiger partial charge is 0.310 e. The van der Waals surface area contributed by atoms with Gasteiger partial charge in [-0.25, -0.2) is 0 Å². The van der Waals surface area contributed by atoms with E-state index in [0.717, 1.165) is 107 Å². The molecule has 0 N–H and O–H groups in total. The molecule has 4 heterocycles. The van der Waals surface area contributed by atoms with Crippen molar-refractivity contribution in [2.75, 3.05) is 9.80 Å². The highest BCUT2D eigenvalue weighted by Crippen LogP contribution is 2.56. The number of anilines is 6. The lowest BCUT2D eigenvalue weighted by molar-refractivity contribution is 0.531. The van der Waals surface area contributed by atoms with E-state index in [1.54, 1.807) is 0 Å². The zero-order valence-corrected chi connectivity index (χ0v) is 68.8. The molecule has 14 aromatic rings. The Labute approximate surface area is 656 Å². The van der Waals surface area contributed by atoms with E-state index < -0.39 is 0 Å². The van der Waals surface area contributed by atoms with Crippen molar-refractivity contribution in [3.05, 3.63) is 306 Å². The summed E-state index contributed by atoms with van der Waals surface area (Å²) in [6, 6.07) is 104. The summed E-state index contributed by atoms with van der Waals surface area (Å²) in [5.74, 6) is 0. The second kappa shape index (κ2) is 26.5. The number of aromatic nitrogens is 2. The number of nitrogens with zero attached hydrogens (tertiary/aromatic N) is 4. The third-order valence-electron chi connectivity index (χ3n) is 23.3. The number of rotatable bonds is 9. The van der Waals surface area contributed by atoms with Gasteiger partial charge in [-0.3, -0.25) is 4.98 Å². The Morgan fingerprint density at radius 1 is 0.245 bits per heavy atom. The van der Waals surface area contributed by atoms with Crippen LogP contribution in [0.1, 0.15) is 185 Å². The van der Waals surface area contributed by atoms with Gasteiger partial charge in [0.1, 0.15) is 0 Å². The average molecular weight is 1440 g/mol. The number of hydrogen-bond acceptors (Lipinski definition) is 3. The normalized spacial score (nSPS) is 13.4. The summed E-state index contributed by atoms with van der Waals surface area (Å²) in [7, 11) is 0. The highest BCUT2D eigenvalue weighted by Gasteiger charge is 2.46. The predicted octanol–water partition coefficient (Wildman–Crippen LogP) is 27.3. The molecule has 0 bridgehead atoms. The van der Waals surface area contributed by atoms with Gasteiger partial charge in [0.25, 0.3) is 6.71 Å². The van der Waals surface area contributed by atoms with E-state index in [9.17, 15) is 0 Å². The van der Waals surface area contributed by atoms with Crippen molar-refractivity contribution in [1.82, 2.24) is 9.55 Å². The number of fused-ring (bicyclic) bond motifs is 7. The van der Waals surface area contributed by atoms with Gasteiger partial charge in [-0.1, -0.05) is 333 Å². The van der Waals surface area contributed by atoms with E-state index in [1.807, 2.05) is 0 Å². The van der Waals surface area contributed by atoms with Crippen LogP contribution in [0.2, 0.25) is 0 Å². The van der Waals surface area contributed by atoms with E-state index in [-0.39, 0.29) is 44.6 Å². The van der Waals surface area contributed by atoms with Gasteiger partial charge in [0, 0.05) is 83.7 Å². The van der Waals surface area contributed by atoms with Crippen molar-refractivity contribution in [2.24, 2.45) is 0 Å². The Hall–Kier alpha value is -10.7. The molecule has 16 rings (SSSR count). The van der Waals surface area contributed by atoms with Crippen molar-refractivity contribution >= 4 is 79.0 Å².